The van der Waals surface area contributed by atoms with Gasteiger partial charge in [-0.1, -0.05) is 0 Å². The molecule has 2 aromatic heterocycles. The molecule has 1 atom stereocenters. The van der Waals surface area contributed by atoms with E-state index in [9.17, 15) is 0 Å². The van der Waals surface area contributed by atoms with Gasteiger partial charge in [0.2, 0.25) is 0 Å². The van der Waals surface area contributed by atoms with Crippen molar-refractivity contribution in [2.24, 2.45) is 5.92 Å². The zero-order valence-electron chi connectivity index (χ0n) is 11.3. The van der Waals surface area contributed by atoms with Gasteiger partial charge in [0, 0.05) is 23.9 Å². The summed E-state index contributed by atoms with van der Waals surface area (Å²) in [5.41, 5.74) is 1.13. The number of nitrogens with zero attached hydrogens (tertiary/aromatic N) is 1. The SMILES string of the molecule is Cc1nc2c(cc(OCC3CCNC3)c3ccsc32)s1. The Morgan fingerprint density at radius 1 is 1.50 bits per heavy atom. The number of thiophene rings is 1. The molecule has 3 aromatic rings. The van der Waals surface area contributed by atoms with Crippen LogP contribution in [-0.2, 0) is 0 Å². The average molecular weight is 304 g/mol. The summed E-state index contributed by atoms with van der Waals surface area (Å²) in [6.07, 6.45) is 1.22. The molecule has 1 fully saturated rings. The molecule has 4 rings (SSSR count). The van der Waals surface area contributed by atoms with Gasteiger partial charge < -0.3 is 10.1 Å². The molecular formula is C15H16N2OS2. The summed E-state index contributed by atoms with van der Waals surface area (Å²) < 4.78 is 8.61. The maximum absolute atomic E-state index is 6.12. The van der Waals surface area contributed by atoms with Crippen LogP contribution in [0.2, 0.25) is 0 Å². The van der Waals surface area contributed by atoms with Crippen molar-refractivity contribution >= 4 is 43.0 Å². The van der Waals surface area contributed by atoms with Crippen molar-refractivity contribution in [3.63, 3.8) is 0 Å². The number of rotatable bonds is 3. The largest absolute Gasteiger partial charge is 0.493 e. The van der Waals surface area contributed by atoms with Crippen molar-refractivity contribution in [2.75, 3.05) is 19.7 Å². The van der Waals surface area contributed by atoms with Crippen molar-refractivity contribution in [1.82, 2.24) is 10.3 Å². The van der Waals surface area contributed by atoms with Crippen LogP contribution in [-0.4, -0.2) is 24.7 Å². The third-order valence-corrected chi connectivity index (χ3v) is 5.64. The minimum Gasteiger partial charge on any atom is -0.493 e. The van der Waals surface area contributed by atoms with Crippen molar-refractivity contribution in [3.05, 3.63) is 22.5 Å². The van der Waals surface area contributed by atoms with Crippen molar-refractivity contribution < 1.29 is 4.74 Å². The number of benzene rings is 1. The monoisotopic (exact) mass is 304 g/mol. The van der Waals surface area contributed by atoms with Crippen molar-refractivity contribution in [3.8, 4) is 5.75 Å². The highest BCUT2D eigenvalue weighted by Crippen LogP contribution is 2.39. The maximum Gasteiger partial charge on any atom is 0.129 e. The molecule has 0 radical (unpaired) electrons. The van der Waals surface area contributed by atoms with Gasteiger partial charge in [-0.25, -0.2) is 4.98 Å². The van der Waals surface area contributed by atoms with Crippen LogP contribution < -0.4 is 10.1 Å². The number of aromatic nitrogens is 1. The van der Waals surface area contributed by atoms with Gasteiger partial charge in [-0.05, 0) is 31.3 Å². The predicted octanol–water partition coefficient (Wildman–Crippen LogP) is 3.81. The third kappa shape index (κ3) is 2.10. The van der Waals surface area contributed by atoms with Gasteiger partial charge in [-0.15, -0.1) is 22.7 Å². The zero-order valence-corrected chi connectivity index (χ0v) is 12.9. The molecule has 1 aromatic carbocycles. The van der Waals surface area contributed by atoms with Gasteiger partial charge in [-0.2, -0.15) is 0 Å². The van der Waals surface area contributed by atoms with Gasteiger partial charge in [0.1, 0.15) is 5.75 Å². The lowest BCUT2D eigenvalue weighted by Gasteiger charge is -2.12. The number of nitrogens with one attached hydrogen (secondary N) is 1. The van der Waals surface area contributed by atoms with Crippen LogP contribution in [0.3, 0.4) is 0 Å². The van der Waals surface area contributed by atoms with Crippen LogP contribution in [0, 0.1) is 12.8 Å². The number of hydrogen-bond donors (Lipinski definition) is 1. The summed E-state index contributed by atoms with van der Waals surface area (Å²) in [6, 6.07) is 4.31. The Hall–Kier alpha value is -1.17. The molecule has 1 aliphatic heterocycles. The second kappa shape index (κ2) is 4.98. The number of thiazole rings is 1. The summed E-state index contributed by atoms with van der Waals surface area (Å²) in [7, 11) is 0. The molecule has 20 heavy (non-hydrogen) atoms. The summed E-state index contributed by atoms with van der Waals surface area (Å²) >= 11 is 3.50. The van der Waals surface area contributed by atoms with Gasteiger partial charge in [0.05, 0.1) is 26.5 Å². The first-order valence-electron chi connectivity index (χ1n) is 6.92. The highest BCUT2D eigenvalue weighted by molar-refractivity contribution is 7.21. The van der Waals surface area contributed by atoms with Gasteiger partial charge >= 0.3 is 0 Å². The van der Waals surface area contributed by atoms with Crippen LogP contribution in [0.4, 0.5) is 0 Å². The molecule has 1 unspecified atom stereocenters. The molecule has 0 bridgehead atoms. The van der Waals surface area contributed by atoms with Crippen LogP contribution in [0.15, 0.2) is 17.5 Å². The number of ether oxygens (including phenoxy) is 1. The lowest BCUT2D eigenvalue weighted by Crippen LogP contribution is -2.15. The summed E-state index contributed by atoms with van der Waals surface area (Å²) in [5, 5.41) is 7.84. The Balaban J connectivity index is 1.74. The smallest absolute Gasteiger partial charge is 0.129 e. The number of fused-ring (bicyclic) bond motifs is 3. The van der Waals surface area contributed by atoms with Crippen molar-refractivity contribution in [2.45, 2.75) is 13.3 Å². The fourth-order valence-electron chi connectivity index (χ4n) is 2.77. The van der Waals surface area contributed by atoms with Crippen LogP contribution in [0.1, 0.15) is 11.4 Å². The van der Waals surface area contributed by atoms with E-state index >= 15 is 0 Å². The molecule has 1 saturated heterocycles. The van der Waals surface area contributed by atoms with E-state index in [4.69, 9.17) is 4.74 Å². The molecular weight excluding hydrogens is 288 g/mol. The maximum atomic E-state index is 6.12. The van der Waals surface area contributed by atoms with Gasteiger partial charge in [0.25, 0.3) is 0 Å². The van der Waals surface area contributed by atoms with Gasteiger partial charge in [-0.3, -0.25) is 0 Å². The summed E-state index contributed by atoms with van der Waals surface area (Å²) in [6.45, 7) is 5.07. The molecule has 3 nitrogen and oxygen atoms in total. The van der Waals surface area contributed by atoms with Crippen molar-refractivity contribution in [1.29, 1.82) is 0 Å². The fraction of sp³-hybridized carbons (Fsp3) is 0.400. The molecule has 0 amide bonds. The Bertz CT molecular complexity index is 756. The molecule has 0 saturated carbocycles. The Kier molecular flexibility index (Phi) is 3.13. The first-order chi connectivity index (χ1) is 9.81. The average Bonchev–Trinajstić information content (AvgIpc) is 3.15. The second-order valence-electron chi connectivity index (χ2n) is 5.29. The third-order valence-electron chi connectivity index (χ3n) is 3.81. The van der Waals surface area contributed by atoms with E-state index < -0.39 is 0 Å². The Labute approximate surface area is 125 Å². The fourth-order valence-corrected chi connectivity index (χ4v) is 4.60. The lowest BCUT2D eigenvalue weighted by molar-refractivity contribution is 0.263. The minimum absolute atomic E-state index is 0.641. The first kappa shape index (κ1) is 12.6. The molecule has 5 heteroatoms. The molecule has 104 valence electrons. The predicted molar refractivity (Wildman–Crippen MR) is 86.2 cm³/mol. The topological polar surface area (TPSA) is 34.1 Å². The molecule has 3 heterocycles. The molecule has 0 spiro atoms. The summed E-state index contributed by atoms with van der Waals surface area (Å²) in [5.74, 6) is 1.66. The first-order valence-corrected chi connectivity index (χ1v) is 8.62. The normalized spacial score (nSPS) is 19.1. The van der Waals surface area contributed by atoms with E-state index in [-0.39, 0.29) is 0 Å². The molecule has 1 N–H and O–H groups in total. The van der Waals surface area contributed by atoms with Crippen LogP contribution in [0.5, 0.6) is 5.75 Å². The van der Waals surface area contributed by atoms with E-state index in [0.717, 1.165) is 36.0 Å². The van der Waals surface area contributed by atoms with Crippen LogP contribution >= 0.6 is 22.7 Å². The standard InChI is InChI=1S/C15H16N2OS2/c1-9-17-14-13(20-9)6-12(11-3-5-19-15(11)14)18-8-10-2-4-16-7-10/h3,5-6,10,16H,2,4,7-8H2,1H3. The van der Waals surface area contributed by atoms with Gasteiger partial charge in [0.15, 0.2) is 0 Å². The Morgan fingerprint density at radius 2 is 2.45 bits per heavy atom. The second-order valence-corrected chi connectivity index (χ2v) is 7.44. The molecule has 0 aliphatic carbocycles. The van der Waals surface area contributed by atoms with E-state index in [1.807, 2.05) is 0 Å². The summed E-state index contributed by atoms with van der Waals surface area (Å²) in [4.78, 5) is 4.66. The molecule has 1 aliphatic rings. The quantitative estimate of drug-likeness (QED) is 0.799. The van der Waals surface area contributed by atoms with E-state index in [2.05, 4.69) is 34.7 Å². The van der Waals surface area contributed by atoms with Crippen LogP contribution in [0.25, 0.3) is 20.3 Å². The highest BCUT2D eigenvalue weighted by Gasteiger charge is 2.17. The number of aryl methyl sites for hydroxylation is 1. The zero-order chi connectivity index (χ0) is 13.5. The lowest BCUT2D eigenvalue weighted by atomic mass is 10.1. The van der Waals surface area contributed by atoms with E-state index in [1.54, 1.807) is 22.7 Å². The number of hydrogen-bond acceptors (Lipinski definition) is 5. The van der Waals surface area contributed by atoms with E-state index in [0.29, 0.717) is 5.92 Å². The highest BCUT2D eigenvalue weighted by atomic mass is 32.1. The van der Waals surface area contributed by atoms with E-state index in [1.165, 1.54) is 21.2 Å². The Morgan fingerprint density at radius 3 is 3.30 bits per heavy atom. The minimum atomic E-state index is 0.641.